The summed E-state index contributed by atoms with van der Waals surface area (Å²) in [5, 5.41) is 2.62. The normalized spacial score (nSPS) is 11.3. The Morgan fingerprint density at radius 1 is 1.17 bits per heavy atom. The Hall–Kier alpha value is -1.36. The van der Waals surface area contributed by atoms with Crippen molar-refractivity contribution in [2.45, 2.75) is 27.2 Å². The van der Waals surface area contributed by atoms with Gasteiger partial charge in [0.25, 0.3) is 0 Å². The molecule has 0 aliphatic rings. The summed E-state index contributed by atoms with van der Waals surface area (Å²) in [7, 11) is -3.28. The van der Waals surface area contributed by atoms with Crippen LogP contribution in [0.1, 0.15) is 24.5 Å². The molecule has 0 unspecified atom stereocenters. The van der Waals surface area contributed by atoms with Gasteiger partial charge in [0.15, 0.2) is 9.84 Å². The van der Waals surface area contributed by atoms with Gasteiger partial charge in [-0.3, -0.25) is 4.79 Å². The lowest BCUT2D eigenvalue weighted by molar-refractivity contribution is -0.113. The molecule has 0 fully saturated rings. The van der Waals surface area contributed by atoms with E-state index < -0.39 is 21.5 Å². The molecule has 100 valence electrons. The predicted molar refractivity (Wildman–Crippen MR) is 73.5 cm³/mol. The Bertz CT molecular complexity index is 515. The van der Waals surface area contributed by atoms with Crippen LogP contribution >= 0.6 is 0 Å². The maximum Gasteiger partial charge on any atom is 0.239 e. The first-order valence-electron chi connectivity index (χ1n) is 5.91. The Kier molecular flexibility index (Phi) is 4.90. The van der Waals surface area contributed by atoms with E-state index in [1.807, 2.05) is 32.0 Å². The van der Waals surface area contributed by atoms with Crippen LogP contribution in [0.3, 0.4) is 0 Å². The van der Waals surface area contributed by atoms with Crippen molar-refractivity contribution in [3.05, 3.63) is 29.3 Å². The highest BCUT2D eigenvalue weighted by Crippen LogP contribution is 2.13. The second kappa shape index (κ2) is 6.00. The van der Waals surface area contributed by atoms with Crippen molar-refractivity contribution in [3.8, 4) is 0 Å². The fourth-order valence-corrected chi connectivity index (χ4v) is 3.06. The topological polar surface area (TPSA) is 63.2 Å². The summed E-state index contributed by atoms with van der Waals surface area (Å²) in [6.45, 7) is 5.63. The molecule has 0 aliphatic heterocycles. The quantitative estimate of drug-likeness (QED) is 0.890. The van der Waals surface area contributed by atoms with Crippen LogP contribution in [0.4, 0.5) is 5.69 Å². The maximum absolute atomic E-state index is 11.6. The van der Waals surface area contributed by atoms with Crippen LogP contribution in [0.5, 0.6) is 0 Å². The second-order valence-electron chi connectivity index (χ2n) is 4.52. The minimum absolute atomic E-state index is 0.0489. The van der Waals surface area contributed by atoms with Gasteiger partial charge < -0.3 is 5.32 Å². The first-order chi connectivity index (χ1) is 8.32. The van der Waals surface area contributed by atoms with Crippen LogP contribution in [-0.2, 0) is 14.6 Å². The highest BCUT2D eigenvalue weighted by molar-refractivity contribution is 7.92. The largest absolute Gasteiger partial charge is 0.325 e. The van der Waals surface area contributed by atoms with Gasteiger partial charge in [-0.25, -0.2) is 8.42 Å². The number of carbonyl (C=O) groups excluding carboxylic acids is 1. The molecule has 1 rings (SSSR count). The summed E-state index contributed by atoms with van der Waals surface area (Å²) < 4.78 is 23.0. The van der Waals surface area contributed by atoms with E-state index in [-0.39, 0.29) is 5.75 Å². The van der Waals surface area contributed by atoms with Gasteiger partial charge in [0.2, 0.25) is 5.91 Å². The molecule has 4 nitrogen and oxygen atoms in total. The first-order valence-corrected chi connectivity index (χ1v) is 7.73. The van der Waals surface area contributed by atoms with Gasteiger partial charge in [0.1, 0.15) is 5.75 Å². The molecule has 0 bridgehead atoms. The van der Waals surface area contributed by atoms with Crippen LogP contribution in [0, 0.1) is 13.8 Å². The van der Waals surface area contributed by atoms with Crippen molar-refractivity contribution in [1.29, 1.82) is 0 Å². The number of benzene rings is 1. The van der Waals surface area contributed by atoms with Gasteiger partial charge in [-0.05, 0) is 43.5 Å². The summed E-state index contributed by atoms with van der Waals surface area (Å²) in [6, 6.07) is 5.62. The third-order valence-corrected chi connectivity index (χ3v) is 4.10. The van der Waals surface area contributed by atoms with Crippen molar-refractivity contribution in [3.63, 3.8) is 0 Å². The van der Waals surface area contributed by atoms with Gasteiger partial charge in [0.05, 0.1) is 5.75 Å². The van der Waals surface area contributed by atoms with Gasteiger partial charge in [-0.15, -0.1) is 0 Å². The van der Waals surface area contributed by atoms with Crippen LogP contribution in [0.2, 0.25) is 0 Å². The van der Waals surface area contributed by atoms with Crippen molar-refractivity contribution in [1.82, 2.24) is 0 Å². The molecule has 1 N–H and O–H groups in total. The summed E-state index contributed by atoms with van der Waals surface area (Å²) >= 11 is 0. The molecule has 0 heterocycles. The highest BCUT2D eigenvalue weighted by Gasteiger charge is 2.15. The van der Waals surface area contributed by atoms with Crippen molar-refractivity contribution in [2.24, 2.45) is 0 Å². The Balaban J connectivity index is 2.71. The average molecular weight is 269 g/mol. The Morgan fingerprint density at radius 2 is 1.72 bits per heavy atom. The minimum Gasteiger partial charge on any atom is -0.325 e. The molecule has 0 radical (unpaired) electrons. The number of anilines is 1. The third kappa shape index (κ3) is 4.87. The average Bonchev–Trinajstić information content (AvgIpc) is 2.13. The summed E-state index contributed by atoms with van der Waals surface area (Å²) in [5.41, 5.74) is 2.70. The number of hydrogen-bond acceptors (Lipinski definition) is 3. The van der Waals surface area contributed by atoms with Gasteiger partial charge in [-0.2, -0.15) is 0 Å². The SMILES string of the molecule is CCCS(=O)(=O)CC(=O)Nc1cc(C)cc(C)c1. The number of hydrogen-bond donors (Lipinski definition) is 1. The lowest BCUT2D eigenvalue weighted by Gasteiger charge is -2.07. The fraction of sp³-hybridized carbons (Fsp3) is 0.462. The fourth-order valence-electron chi connectivity index (χ4n) is 1.83. The molecule has 0 saturated heterocycles. The van der Waals surface area contributed by atoms with Gasteiger partial charge >= 0.3 is 0 Å². The van der Waals surface area contributed by atoms with Gasteiger partial charge in [0, 0.05) is 5.69 Å². The number of nitrogens with one attached hydrogen (secondary N) is 1. The van der Waals surface area contributed by atoms with Gasteiger partial charge in [-0.1, -0.05) is 13.0 Å². The number of sulfone groups is 1. The first kappa shape index (κ1) is 14.7. The van der Waals surface area contributed by atoms with E-state index in [0.29, 0.717) is 12.1 Å². The molecule has 1 aromatic carbocycles. The van der Waals surface area contributed by atoms with Crippen LogP contribution in [-0.4, -0.2) is 25.8 Å². The van der Waals surface area contributed by atoms with E-state index in [0.717, 1.165) is 11.1 Å². The lowest BCUT2D eigenvalue weighted by Crippen LogP contribution is -2.24. The molecule has 1 amide bonds. The number of aryl methyl sites for hydroxylation is 2. The minimum atomic E-state index is -3.28. The molecule has 0 aliphatic carbocycles. The molecular weight excluding hydrogens is 250 g/mol. The number of carbonyl (C=O) groups is 1. The summed E-state index contributed by atoms with van der Waals surface area (Å²) in [6.07, 6.45) is 0.527. The van der Waals surface area contributed by atoms with Crippen LogP contribution in [0.15, 0.2) is 18.2 Å². The monoisotopic (exact) mass is 269 g/mol. The molecule has 18 heavy (non-hydrogen) atoms. The molecule has 0 aromatic heterocycles. The van der Waals surface area contributed by atoms with Crippen molar-refractivity contribution < 1.29 is 13.2 Å². The van der Waals surface area contributed by atoms with E-state index in [1.165, 1.54) is 0 Å². The number of rotatable bonds is 5. The third-order valence-electron chi connectivity index (χ3n) is 2.37. The predicted octanol–water partition coefficient (Wildman–Crippen LogP) is 2.07. The second-order valence-corrected chi connectivity index (χ2v) is 6.70. The zero-order valence-corrected chi connectivity index (χ0v) is 11.8. The molecular formula is C13H19NO3S. The highest BCUT2D eigenvalue weighted by atomic mass is 32.2. The van der Waals surface area contributed by atoms with Crippen LogP contribution in [0.25, 0.3) is 0 Å². The summed E-state index contributed by atoms with van der Waals surface area (Å²) in [4.78, 5) is 11.6. The zero-order valence-electron chi connectivity index (χ0n) is 11.0. The Labute approximate surface area is 108 Å². The molecule has 0 atom stereocenters. The molecule has 0 saturated carbocycles. The molecule has 1 aromatic rings. The van der Waals surface area contributed by atoms with Crippen molar-refractivity contribution >= 4 is 21.4 Å². The van der Waals surface area contributed by atoms with E-state index in [9.17, 15) is 13.2 Å². The molecule has 0 spiro atoms. The number of amides is 1. The zero-order chi connectivity index (χ0) is 13.8. The molecule has 5 heteroatoms. The smallest absolute Gasteiger partial charge is 0.239 e. The Morgan fingerprint density at radius 3 is 2.22 bits per heavy atom. The van der Waals surface area contributed by atoms with Crippen LogP contribution < -0.4 is 5.32 Å². The van der Waals surface area contributed by atoms with E-state index >= 15 is 0 Å². The summed E-state index contributed by atoms with van der Waals surface area (Å²) in [5.74, 6) is -0.880. The van der Waals surface area contributed by atoms with E-state index in [1.54, 1.807) is 6.92 Å². The van der Waals surface area contributed by atoms with E-state index in [2.05, 4.69) is 5.32 Å². The maximum atomic E-state index is 11.6. The standard InChI is InChI=1S/C13H19NO3S/c1-4-5-18(16,17)9-13(15)14-12-7-10(2)6-11(3)8-12/h6-8H,4-5,9H2,1-3H3,(H,14,15). The van der Waals surface area contributed by atoms with Crippen molar-refractivity contribution in [2.75, 3.05) is 16.8 Å². The lowest BCUT2D eigenvalue weighted by atomic mass is 10.1. The van der Waals surface area contributed by atoms with E-state index in [4.69, 9.17) is 0 Å².